The van der Waals surface area contributed by atoms with E-state index in [2.05, 4.69) is 5.32 Å². The van der Waals surface area contributed by atoms with Gasteiger partial charge in [0.1, 0.15) is 18.3 Å². The standard InChI is InChI=1S/C33H32Cl3N3O5S/c1-3-37-33(41)31(19-23-7-5-4-6-8-23)38(21-24-9-10-26(35)20-30(24)36)32(40)22-39(27-13-11-25(34)12-14-27)45(42,43)29-17-15-28(44-2)16-18-29/h4-18,20,31H,3,19,21-22H2,1-2H3,(H,37,41). The number of carbonyl (C=O) groups is 2. The third-order valence-electron chi connectivity index (χ3n) is 7.02. The van der Waals surface area contributed by atoms with Crippen molar-refractivity contribution in [3.63, 3.8) is 0 Å². The zero-order valence-corrected chi connectivity index (χ0v) is 27.7. The number of nitrogens with one attached hydrogen (secondary N) is 1. The fourth-order valence-corrected chi connectivity index (χ4v) is 6.70. The van der Waals surface area contributed by atoms with Crippen molar-refractivity contribution in [1.29, 1.82) is 0 Å². The Morgan fingerprint density at radius 2 is 1.51 bits per heavy atom. The van der Waals surface area contributed by atoms with Gasteiger partial charge >= 0.3 is 0 Å². The summed E-state index contributed by atoms with van der Waals surface area (Å²) >= 11 is 18.8. The second-order valence-electron chi connectivity index (χ2n) is 10.0. The lowest BCUT2D eigenvalue weighted by molar-refractivity contribution is -0.140. The molecule has 1 N–H and O–H groups in total. The predicted octanol–water partition coefficient (Wildman–Crippen LogP) is 6.63. The number of carbonyl (C=O) groups excluding carboxylic acids is 2. The Hall–Kier alpha value is -3.76. The van der Waals surface area contributed by atoms with Crippen LogP contribution in [0.3, 0.4) is 0 Å². The number of sulfonamides is 1. The van der Waals surface area contributed by atoms with E-state index in [0.29, 0.717) is 32.9 Å². The van der Waals surface area contributed by atoms with E-state index in [1.165, 1.54) is 60.5 Å². The molecule has 1 unspecified atom stereocenters. The summed E-state index contributed by atoms with van der Waals surface area (Å²) < 4.78 is 34.4. The Labute approximate surface area is 278 Å². The maximum Gasteiger partial charge on any atom is 0.264 e. The number of hydrogen-bond donors (Lipinski definition) is 1. The summed E-state index contributed by atoms with van der Waals surface area (Å²) in [6.07, 6.45) is 0.176. The van der Waals surface area contributed by atoms with Crippen LogP contribution in [0.1, 0.15) is 18.1 Å². The molecule has 1 atom stereocenters. The minimum Gasteiger partial charge on any atom is -0.497 e. The van der Waals surface area contributed by atoms with E-state index >= 15 is 0 Å². The van der Waals surface area contributed by atoms with E-state index in [9.17, 15) is 18.0 Å². The maximum atomic E-state index is 14.4. The molecule has 0 heterocycles. The Balaban J connectivity index is 1.81. The fourth-order valence-electron chi connectivity index (χ4n) is 4.69. The molecule has 0 saturated heterocycles. The number of nitrogens with zero attached hydrogens (tertiary/aromatic N) is 2. The largest absolute Gasteiger partial charge is 0.497 e. The lowest BCUT2D eigenvalue weighted by Crippen LogP contribution is -2.53. The van der Waals surface area contributed by atoms with Crippen LogP contribution in [0.15, 0.2) is 102 Å². The molecule has 12 heteroatoms. The SMILES string of the molecule is CCNC(=O)C(Cc1ccccc1)N(Cc1ccc(Cl)cc1Cl)C(=O)CN(c1ccc(Cl)cc1)S(=O)(=O)c1ccc(OC)cc1. The predicted molar refractivity (Wildman–Crippen MR) is 179 cm³/mol. The molecule has 4 aromatic rings. The summed E-state index contributed by atoms with van der Waals surface area (Å²) in [6, 6.07) is 25.1. The number of halogens is 3. The molecule has 0 aromatic heterocycles. The summed E-state index contributed by atoms with van der Waals surface area (Å²) in [6.45, 7) is 1.41. The van der Waals surface area contributed by atoms with Crippen molar-refractivity contribution in [1.82, 2.24) is 10.2 Å². The zero-order valence-electron chi connectivity index (χ0n) is 24.6. The summed E-state index contributed by atoms with van der Waals surface area (Å²) in [4.78, 5) is 29.3. The quantitative estimate of drug-likeness (QED) is 0.170. The third-order valence-corrected chi connectivity index (χ3v) is 9.65. The molecule has 0 aliphatic carbocycles. The van der Waals surface area contributed by atoms with Crippen LogP contribution in [0, 0.1) is 0 Å². The molecule has 45 heavy (non-hydrogen) atoms. The molecule has 4 aromatic carbocycles. The van der Waals surface area contributed by atoms with Gasteiger partial charge in [-0.2, -0.15) is 0 Å². The molecule has 0 aliphatic rings. The number of benzene rings is 4. The van der Waals surface area contributed by atoms with Crippen molar-refractivity contribution in [2.45, 2.75) is 30.8 Å². The van der Waals surface area contributed by atoms with Crippen molar-refractivity contribution in [2.24, 2.45) is 0 Å². The number of hydrogen-bond acceptors (Lipinski definition) is 5. The summed E-state index contributed by atoms with van der Waals surface area (Å²) in [5.41, 5.74) is 1.56. The van der Waals surface area contributed by atoms with Gasteiger partial charge in [0, 0.05) is 34.6 Å². The summed E-state index contributed by atoms with van der Waals surface area (Å²) in [5.74, 6) is -0.546. The van der Waals surface area contributed by atoms with E-state index in [4.69, 9.17) is 39.5 Å². The molecular weight excluding hydrogens is 657 g/mol. The second-order valence-corrected chi connectivity index (χ2v) is 13.2. The Morgan fingerprint density at radius 1 is 0.867 bits per heavy atom. The molecule has 0 radical (unpaired) electrons. The Bertz CT molecular complexity index is 1720. The first kappa shape index (κ1) is 34.1. The fraction of sp³-hybridized carbons (Fsp3) is 0.212. The Kier molecular flexibility index (Phi) is 11.7. The van der Waals surface area contributed by atoms with Crippen LogP contribution < -0.4 is 14.4 Å². The molecule has 0 aliphatic heterocycles. The number of anilines is 1. The lowest BCUT2D eigenvalue weighted by atomic mass is 10.0. The van der Waals surface area contributed by atoms with Crippen LogP contribution in [0.25, 0.3) is 0 Å². The number of amides is 2. The Morgan fingerprint density at radius 3 is 2.11 bits per heavy atom. The first-order chi connectivity index (χ1) is 21.5. The molecule has 0 spiro atoms. The molecule has 4 rings (SSSR count). The van der Waals surface area contributed by atoms with E-state index in [1.54, 1.807) is 25.1 Å². The van der Waals surface area contributed by atoms with Crippen molar-refractivity contribution >= 4 is 62.3 Å². The van der Waals surface area contributed by atoms with Crippen LogP contribution >= 0.6 is 34.8 Å². The molecule has 8 nitrogen and oxygen atoms in total. The van der Waals surface area contributed by atoms with Crippen molar-refractivity contribution in [3.05, 3.63) is 123 Å². The van der Waals surface area contributed by atoms with Gasteiger partial charge in [-0.3, -0.25) is 13.9 Å². The van der Waals surface area contributed by atoms with Gasteiger partial charge in [0.25, 0.3) is 10.0 Å². The minimum atomic E-state index is -4.28. The molecule has 0 saturated carbocycles. The number of rotatable bonds is 13. The number of methoxy groups -OCH3 is 1. The first-order valence-electron chi connectivity index (χ1n) is 14.0. The average molecular weight is 689 g/mol. The van der Waals surface area contributed by atoms with Crippen molar-refractivity contribution in [3.8, 4) is 5.75 Å². The minimum absolute atomic E-state index is 0.0529. The molecular formula is C33H32Cl3N3O5S. The topological polar surface area (TPSA) is 96.0 Å². The van der Waals surface area contributed by atoms with Crippen LogP contribution in [-0.4, -0.2) is 51.4 Å². The van der Waals surface area contributed by atoms with Crippen molar-refractivity contribution in [2.75, 3.05) is 24.5 Å². The zero-order chi connectivity index (χ0) is 32.6. The molecule has 236 valence electrons. The van der Waals surface area contributed by atoms with Crippen LogP contribution in [0.2, 0.25) is 15.1 Å². The highest BCUT2D eigenvalue weighted by molar-refractivity contribution is 7.92. The van der Waals surface area contributed by atoms with E-state index in [0.717, 1.165) is 9.87 Å². The maximum absolute atomic E-state index is 14.4. The van der Waals surface area contributed by atoms with Gasteiger partial charge in [0.05, 0.1) is 17.7 Å². The highest BCUT2D eigenvalue weighted by Gasteiger charge is 2.34. The van der Waals surface area contributed by atoms with Crippen molar-refractivity contribution < 1.29 is 22.7 Å². The number of likely N-dealkylation sites (N-methyl/N-ethyl adjacent to an activating group) is 1. The van der Waals surface area contributed by atoms with Gasteiger partial charge in [-0.05, 0) is 78.7 Å². The van der Waals surface area contributed by atoms with E-state index in [1.807, 2.05) is 30.3 Å². The summed E-state index contributed by atoms with van der Waals surface area (Å²) in [7, 11) is -2.80. The van der Waals surface area contributed by atoms with Crippen LogP contribution in [-0.2, 0) is 32.6 Å². The van der Waals surface area contributed by atoms with Gasteiger partial charge in [-0.25, -0.2) is 8.42 Å². The summed E-state index contributed by atoms with van der Waals surface area (Å²) in [5, 5.41) is 3.93. The lowest BCUT2D eigenvalue weighted by Gasteiger charge is -2.34. The van der Waals surface area contributed by atoms with Crippen LogP contribution in [0.5, 0.6) is 5.75 Å². The monoisotopic (exact) mass is 687 g/mol. The normalized spacial score (nSPS) is 11.8. The highest BCUT2D eigenvalue weighted by atomic mass is 35.5. The average Bonchev–Trinajstić information content (AvgIpc) is 3.03. The van der Waals surface area contributed by atoms with E-state index in [-0.39, 0.29) is 23.5 Å². The van der Waals surface area contributed by atoms with Crippen LogP contribution in [0.4, 0.5) is 5.69 Å². The molecule has 0 fully saturated rings. The van der Waals surface area contributed by atoms with Gasteiger partial charge in [0.15, 0.2) is 0 Å². The number of ether oxygens (including phenoxy) is 1. The van der Waals surface area contributed by atoms with Gasteiger partial charge in [0.2, 0.25) is 11.8 Å². The smallest absolute Gasteiger partial charge is 0.264 e. The second kappa shape index (κ2) is 15.5. The van der Waals surface area contributed by atoms with Gasteiger partial charge in [-0.15, -0.1) is 0 Å². The molecule has 2 amide bonds. The molecule has 0 bridgehead atoms. The van der Waals surface area contributed by atoms with E-state index < -0.39 is 34.4 Å². The third kappa shape index (κ3) is 8.70. The highest BCUT2D eigenvalue weighted by Crippen LogP contribution is 2.28. The van der Waals surface area contributed by atoms with Gasteiger partial charge < -0.3 is 15.0 Å². The van der Waals surface area contributed by atoms with Gasteiger partial charge in [-0.1, -0.05) is 71.2 Å². The first-order valence-corrected chi connectivity index (χ1v) is 16.6.